The number of aryl methyl sites for hydroxylation is 2. The average Bonchev–Trinajstić information content (AvgIpc) is 2.27. The van der Waals surface area contributed by atoms with Crippen LogP contribution in [0.4, 0.5) is 0 Å². The molecule has 0 aliphatic heterocycles. The van der Waals surface area contributed by atoms with Crippen molar-refractivity contribution >= 4 is 34.1 Å². The van der Waals surface area contributed by atoms with Crippen LogP contribution in [0.3, 0.4) is 0 Å². The number of aromatic nitrogens is 1. The molecule has 3 heteroatoms. The summed E-state index contributed by atoms with van der Waals surface area (Å²) in [6.07, 6.45) is 2.05. The lowest BCUT2D eigenvalue weighted by molar-refractivity contribution is 0.964. The summed E-state index contributed by atoms with van der Waals surface area (Å²) in [6.45, 7) is 2.05. The number of hydrogen-bond donors (Lipinski definition) is 0. The Kier molecular flexibility index (Phi) is 2.01. The molecule has 1 heterocycles. The highest BCUT2D eigenvalue weighted by molar-refractivity contribution is 6.38. The van der Waals surface area contributed by atoms with E-state index in [2.05, 4.69) is 6.92 Å². The first-order chi connectivity index (χ1) is 6.09. The molecule has 1 aromatic carbocycles. The topological polar surface area (TPSA) is 4.93 Å². The van der Waals surface area contributed by atoms with Gasteiger partial charge in [-0.25, -0.2) is 0 Å². The van der Waals surface area contributed by atoms with Crippen LogP contribution in [0, 0.1) is 6.92 Å². The predicted molar refractivity (Wildman–Crippen MR) is 57.7 cm³/mol. The molecular weight excluding hydrogens is 205 g/mol. The van der Waals surface area contributed by atoms with Crippen LogP contribution < -0.4 is 0 Å². The van der Waals surface area contributed by atoms with E-state index < -0.39 is 0 Å². The van der Waals surface area contributed by atoms with Crippen LogP contribution in [-0.2, 0) is 7.05 Å². The van der Waals surface area contributed by atoms with Gasteiger partial charge in [0.1, 0.15) is 0 Å². The van der Waals surface area contributed by atoms with E-state index in [1.807, 2.05) is 23.9 Å². The van der Waals surface area contributed by atoms with Gasteiger partial charge in [-0.3, -0.25) is 0 Å². The fourth-order valence-electron chi connectivity index (χ4n) is 1.65. The first-order valence-electron chi connectivity index (χ1n) is 4.00. The molecule has 2 rings (SSSR count). The van der Waals surface area contributed by atoms with Gasteiger partial charge >= 0.3 is 0 Å². The molecule has 0 saturated heterocycles. The molecule has 0 unspecified atom stereocenters. The van der Waals surface area contributed by atoms with Gasteiger partial charge in [0.25, 0.3) is 0 Å². The quantitative estimate of drug-likeness (QED) is 0.628. The maximum Gasteiger partial charge on any atom is 0.0670 e. The number of fused-ring (bicyclic) bond motifs is 1. The minimum absolute atomic E-state index is 0.687. The molecule has 0 spiro atoms. The van der Waals surface area contributed by atoms with Gasteiger partial charge in [0.05, 0.1) is 10.5 Å². The van der Waals surface area contributed by atoms with Crippen molar-refractivity contribution in [1.82, 2.24) is 4.57 Å². The van der Waals surface area contributed by atoms with Gasteiger partial charge < -0.3 is 4.57 Å². The van der Waals surface area contributed by atoms with Crippen LogP contribution in [-0.4, -0.2) is 4.57 Å². The molecule has 0 radical (unpaired) electrons. The lowest BCUT2D eigenvalue weighted by Gasteiger charge is -1.99. The van der Waals surface area contributed by atoms with E-state index >= 15 is 0 Å². The summed E-state index contributed by atoms with van der Waals surface area (Å²) in [5.41, 5.74) is 2.24. The van der Waals surface area contributed by atoms with E-state index in [0.29, 0.717) is 10.0 Å². The third kappa shape index (κ3) is 1.32. The first-order valence-corrected chi connectivity index (χ1v) is 4.76. The van der Waals surface area contributed by atoms with Crippen molar-refractivity contribution in [1.29, 1.82) is 0 Å². The van der Waals surface area contributed by atoms with E-state index in [-0.39, 0.29) is 0 Å². The summed E-state index contributed by atoms with van der Waals surface area (Å²) in [5.74, 6) is 0. The zero-order valence-corrected chi connectivity index (χ0v) is 8.95. The van der Waals surface area contributed by atoms with Crippen molar-refractivity contribution in [2.45, 2.75) is 6.92 Å². The zero-order valence-electron chi connectivity index (χ0n) is 7.44. The van der Waals surface area contributed by atoms with E-state index in [0.717, 1.165) is 10.9 Å². The third-order valence-electron chi connectivity index (χ3n) is 2.19. The van der Waals surface area contributed by atoms with Crippen molar-refractivity contribution < 1.29 is 0 Å². The van der Waals surface area contributed by atoms with Crippen LogP contribution in [0.5, 0.6) is 0 Å². The van der Waals surface area contributed by atoms with Crippen molar-refractivity contribution in [3.63, 3.8) is 0 Å². The molecule has 0 aliphatic carbocycles. The second kappa shape index (κ2) is 2.93. The monoisotopic (exact) mass is 213 g/mol. The molecule has 0 N–H and O–H groups in total. The molecule has 0 fully saturated rings. The number of hydrogen-bond acceptors (Lipinski definition) is 0. The van der Waals surface area contributed by atoms with Crippen LogP contribution in [0.15, 0.2) is 18.3 Å². The molecule has 13 heavy (non-hydrogen) atoms. The Labute approximate surface area is 86.9 Å². The van der Waals surface area contributed by atoms with Gasteiger partial charge in [-0.05, 0) is 24.6 Å². The number of nitrogens with zero attached hydrogens (tertiary/aromatic N) is 1. The highest BCUT2D eigenvalue weighted by atomic mass is 35.5. The molecule has 2 aromatic rings. The van der Waals surface area contributed by atoms with Gasteiger partial charge in [-0.2, -0.15) is 0 Å². The molecule has 0 amide bonds. The molecule has 1 nitrogen and oxygen atoms in total. The largest absolute Gasteiger partial charge is 0.349 e. The summed E-state index contributed by atoms with van der Waals surface area (Å²) >= 11 is 12.0. The Hall–Kier alpha value is -0.660. The Bertz CT molecular complexity index is 471. The number of benzene rings is 1. The molecule has 68 valence electrons. The molecule has 0 bridgehead atoms. The summed E-state index contributed by atoms with van der Waals surface area (Å²) in [6, 6.07) is 3.71. The van der Waals surface area contributed by atoms with E-state index in [9.17, 15) is 0 Å². The zero-order chi connectivity index (χ0) is 9.59. The van der Waals surface area contributed by atoms with Gasteiger partial charge in [0.15, 0.2) is 0 Å². The smallest absolute Gasteiger partial charge is 0.0670 e. The summed E-state index contributed by atoms with van der Waals surface area (Å²) in [7, 11) is 1.98. The predicted octanol–water partition coefficient (Wildman–Crippen LogP) is 3.79. The van der Waals surface area contributed by atoms with Crippen molar-refractivity contribution in [2.75, 3.05) is 0 Å². The number of rotatable bonds is 0. The van der Waals surface area contributed by atoms with Crippen LogP contribution in [0.25, 0.3) is 10.9 Å². The highest BCUT2D eigenvalue weighted by Crippen LogP contribution is 2.30. The lowest BCUT2D eigenvalue weighted by Crippen LogP contribution is -1.84. The lowest BCUT2D eigenvalue weighted by atomic mass is 10.2. The third-order valence-corrected chi connectivity index (χ3v) is 2.70. The molecule has 0 aliphatic rings. The summed E-state index contributed by atoms with van der Waals surface area (Å²) in [5, 5.41) is 2.52. The Morgan fingerprint density at radius 3 is 2.62 bits per heavy atom. The average molecular weight is 214 g/mol. The fraction of sp³-hybridized carbons (Fsp3) is 0.200. The summed E-state index contributed by atoms with van der Waals surface area (Å²) in [4.78, 5) is 0. The maximum absolute atomic E-state index is 6.08. The Morgan fingerprint density at radius 2 is 1.92 bits per heavy atom. The van der Waals surface area contributed by atoms with Crippen molar-refractivity contribution in [3.05, 3.63) is 33.9 Å². The molecule has 0 saturated carbocycles. The maximum atomic E-state index is 6.08. The standard InChI is InChI=1S/C10H9Cl2N/c1-6-5-13(2)10-8(6)3-7(11)4-9(10)12/h3-5H,1-2H3. The molecule has 1 aromatic heterocycles. The van der Waals surface area contributed by atoms with Crippen molar-refractivity contribution in [2.24, 2.45) is 7.05 Å². The van der Waals surface area contributed by atoms with Crippen LogP contribution in [0.2, 0.25) is 10.0 Å². The van der Waals surface area contributed by atoms with E-state index in [1.54, 1.807) is 6.07 Å². The minimum atomic E-state index is 0.687. The van der Waals surface area contributed by atoms with Gasteiger partial charge in [-0.1, -0.05) is 23.2 Å². The highest BCUT2D eigenvalue weighted by Gasteiger charge is 2.07. The Morgan fingerprint density at radius 1 is 1.23 bits per heavy atom. The first kappa shape index (κ1) is 8.92. The minimum Gasteiger partial charge on any atom is -0.349 e. The van der Waals surface area contributed by atoms with Gasteiger partial charge in [0.2, 0.25) is 0 Å². The molecule has 0 atom stereocenters. The number of halogens is 2. The van der Waals surface area contributed by atoms with E-state index in [1.165, 1.54) is 5.56 Å². The fourth-order valence-corrected chi connectivity index (χ4v) is 2.28. The van der Waals surface area contributed by atoms with Crippen LogP contribution >= 0.6 is 23.2 Å². The van der Waals surface area contributed by atoms with Gasteiger partial charge in [-0.15, -0.1) is 0 Å². The van der Waals surface area contributed by atoms with Gasteiger partial charge in [0, 0.05) is 23.7 Å². The second-order valence-electron chi connectivity index (χ2n) is 3.21. The van der Waals surface area contributed by atoms with Crippen LogP contribution in [0.1, 0.15) is 5.56 Å². The molecular formula is C10H9Cl2N. The van der Waals surface area contributed by atoms with E-state index in [4.69, 9.17) is 23.2 Å². The Balaban J connectivity index is 2.97. The normalized spacial score (nSPS) is 11.1. The SMILES string of the molecule is Cc1cn(C)c2c(Cl)cc(Cl)cc12. The summed E-state index contributed by atoms with van der Waals surface area (Å²) < 4.78 is 2.02. The second-order valence-corrected chi connectivity index (χ2v) is 4.05. The van der Waals surface area contributed by atoms with Crippen molar-refractivity contribution in [3.8, 4) is 0 Å².